The summed E-state index contributed by atoms with van der Waals surface area (Å²) in [6.07, 6.45) is -2.48. The minimum atomic E-state index is -4.47. The van der Waals surface area contributed by atoms with Crippen molar-refractivity contribution in [1.29, 1.82) is 0 Å². The van der Waals surface area contributed by atoms with Crippen LogP contribution in [0.3, 0.4) is 0 Å². The van der Waals surface area contributed by atoms with Crippen molar-refractivity contribution >= 4 is 34.7 Å². The van der Waals surface area contributed by atoms with Crippen LogP contribution in [0.1, 0.15) is 18.1 Å². The second kappa shape index (κ2) is 7.17. The number of thioether (sulfide) groups is 1. The number of hydrogen-bond donors (Lipinski definition) is 2. The maximum absolute atomic E-state index is 13.0. The third-order valence-electron chi connectivity index (χ3n) is 2.70. The maximum atomic E-state index is 13.0. The number of anilines is 1. The molecule has 1 atom stereocenters. The molecule has 1 rings (SSSR count). The van der Waals surface area contributed by atoms with Crippen LogP contribution in [0.5, 0.6) is 0 Å². The van der Waals surface area contributed by atoms with Crippen LogP contribution in [-0.4, -0.2) is 23.5 Å². The van der Waals surface area contributed by atoms with Crippen LogP contribution in [0.25, 0.3) is 0 Å². The van der Waals surface area contributed by atoms with Gasteiger partial charge in [0.25, 0.3) is 0 Å². The van der Waals surface area contributed by atoms with E-state index in [1.165, 1.54) is 6.07 Å². The standard InChI is InChI=1S/C13H17F3N2S2/c1-8(7-20-2)6-18-9-3-4-10(12(17)19)11(5-9)13(14,15)16/h3-5,8,18H,6-7H2,1-2H3,(H2,17,19). The van der Waals surface area contributed by atoms with Gasteiger partial charge in [0.05, 0.1) is 5.56 Å². The Morgan fingerprint density at radius 1 is 1.45 bits per heavy atom. The van der Waals surface area contributed by atoms with Crippen LogP contribution in [0.2, 0.25) is 0 Å². The van der Waals surface area contributed by atoms with E-state index in [1.54, 1.807) is 17.8 Å². The van der Waals surface area contributed by atoms with E-state index >= 15 is 0 Å². The Balaban J connectivity index is 2.93. The summed E-state index contributed by atoms with van der Waals surface area (Å²) in [4.78, 5) is -0.250. The fourth-order valence-corrected chi connectivity index (χ4v) is 2.60. The van der Waals surface area contributed by atoms with Gasteiger partial charge in [0.1, 0.15) is 4.99 Å². The van der Waals surface area contributed by atoms with Crippen LogP contribution >= 0.6 is 24.0 Å². The first kappa shape index (κ1) is 17.1. The summed E-state index contributed by atoms with van der Waals surface area (Å²) in [7, 11) is 0. The first-order valence-electron chi connectivity index (χ1n) is 5.99. The first-order valence-corrected chi connectivity index (χ1v) is 7.79. The summed E-state index contributed by atoms with van der Waals surface area (Å²) in [6, 6.07) is 3.93. The van der Waals surface area contributed by atoms with Crippen LogP contribution < -0.4 is 11.1 Å². The number of nitrogens with one attached hydrogen (secondary N) is 1. The molecule has 1 aromatic carbocycles. The minimum Gasteiger partial charge on any atom is -0.389 e. The lowest BCUT2D eigenvalue weighted by molar-refractivity contribution is -0.137. The summed E-state index contributed by atoms with van der Waals surface area (Å²) in [5, 5.41) is 3.01. The van der Waals surface area contributed by atoms with Crippen molar-refractivity contribution in [2.45, 2.75) is 13.1 Å². The molecule has 2 nitrogen and oxygen atoms in total. The average Bonchev–Trinajstić information content (AvgIpc) is 2.35. The van der Waals surface area contributed by atoms with E-state index in [0.29, 0.717) is 18.2 Å². The quantitative estimate of drug-likeness (QED) is 0.782. The average molecular weight is 322 g/mol. The lowest BCUT2D eigenvalue weighted by Gasteiger charge is -2.16. The monoisotopic (exact) mass is 322 g/mol. The topological polar surface area (TPSA) is 38.0 Å². The molecule has 0 aromatic heterocycles. The summed E-state index contributed by atoms with van der Waals surface area (Å²) in [6.45, 7) is 2.65. The number of benzene rings is 1. The van der Waals surface area contributed by atoms with Crippen molar-refractivity contribution in [1.82, 2.24) is 0 Å². The van der Waals surface area contributed by atoms with Crippen LogP contribution in [0.15, 0.2) is 18.2 Å². The maximum Gasteiger partial charge on any atom is 0.417 e. The Hall–Kier alpha value is -0.950. The Bertz CT molecular complexity index is 475. The number of rotatable bonds is 6. The molecular weight excluding hydrogens is 305 g/mol. The van der Waals surface area contributed by atoms with Crippen molar-refractivity contribution in [3.63, 3.8) is 0 Å². The second-order valence-electron chi connectivity index (χ2n) is 4.56. The molecule has 1 aromatic rings. The number of alkyl halides is 3. The SMILES string of the molecule is CSCC(C)CNc1ccc(C(N)=S)c(C(F)(F)F)c1. The normalized spacial score (nSPS) is 13.1. The zero-order chi connectivity index (χ0) is 15.3. The largest absolute Gasteiger partial charge is 0.417 e. The lowest BCUT2D eigenvalue weighted by atomic mass is 10.1. The van der Waals surface area contributed by atoms with E-state index in [-0.39, 0.29) is 10.6 Å². The molecule has 0 aliphatic rings. The van der Waals surface area contributed by atoms with Crippen molar-refractivity contribution in [2.75, 3.05) is 23.9 Å². The molecule has 0 saturated heterocycles. The van der Waals surface area contributed by atoms with Crippen LogP contribution in [-0.2, 0) is 6.18 Å². The van der Waals surface area contributed by atoms with Crippen molar-refractivity contribution < 1.29 is 13.2 Å². The highest BCUT2D eigenvalue weighted by atomic mass is 32.2. The molecule has 0 saturated carbocycles. The highest BCUT2D eigenvalue weighted by Crippen LogP contribution is 2.33. The van der Waals surface area contributed by atoms with Gasteiger partial charge < -0.3 is 11.1 Å². The van der Waals surface area contributed by atoms with Gasteiger partial charge in [-0.3, -0.25) is 0 Å². The molecule has 0 amide bonds. The number of thiocarbonyl (C=S) groups is 1. The zero-order valence-corrected chi connectivity index (χ0v) is 12.9. The highest BCUT2D eigenvalue weighted by Gasteiger charge is 2.34. The van der Waals surface area contributed by atoms with Gasteiger partial charge in [0.15, 0.2) is 0 Å². The first-order chi connectivity index (χ1) is 9.25. The van der Waals surface area contributed by atoms with E-state index in [0.717, 1.165) is 11.8 Å². The van der Waals surface area contributed by atoms with Crippen molar-refractivity contribution in [3.8, 4) is 0 Å². The zero-order valence-electron chi connectivity index (χ0n) is 11.3. The smallest absolute Gasteiger partial charge is 0.389 e. The van der Waals surface area contributed by atoms with E-state index in [2.05, 4.69) is 17.5 Å². The highest BCUT2D eigenvalue weighted by molar-refractivity contribution is 7.98. The van der Waals surface area contributed by atoms with Gasteiger partial charge in [-0.05, 0) is 36.1 Å². The van der Waals surface area contributed by atoms with Gasteiger partial charge in [-0.1, -0.05) is 19.1 Å². The van der Waals surface area contributed by atoms with Gasteiger partial charge in [-0.25, -0.2) is 0 Å². The molecule has 0 spiro atoms. The second-order valence-corrected chi connectivity index (χ2v) is 5.91. The molecule has 1 unspecified atom stereocenters. The number of hydrogen-bond acceptors (Lipinski definition) is 3. The van der Waals surface area contributed by atoms with E-state index < -0.39 is 11.7 Å². The fourth-order valence-electron chi connectivity index (χ4n) is 1.74. The van der Waals surface area contributed by atoms with Gasteiger partial charge in [0, 0.05) is 17.8 Å². The Kier molecular flexibility index (Phi) is 6.13. The molecule has 0 heterocycles. The molecule has 0 aliphatic heterocycles. The summed E-state index contributed by atoms with van der Waals surface area (Å²) in [5.74, 6) is 1.32. The molecule has 0 radical (unpaired) electrons. The Morgan fingerprint density at radius 2 is 2.10 bits per heavy atom. The number of nitrogens with two attached hydrogens (primary N) is 1. The van der Waals surface area contributed by atoms with Crippen LogP contribution in [0.4, 0.5) is 18.9 Å². The van der Waals surface area contributed by atoms with E-state index in [1.807, 2.05) is 13.2 Å². The predicted molar refractivity (Wildman–Crippen MR) is 83.4 cm³/mol. The van der Waals surface area contributed by atoms with E-state index in [9.17, 15) is 13.2 Å². The van der Waals surface area contributed by atoms with Crippen LogP contribution in [0, 0.1) is 5.92 Å². The molecule has 112 valence electrons. The van der Waals surface area contributed by atoms with Gasteiger partial charge >= 0.3 is 6.18 Å². The van der Waals surface area contributed by atoms with E-state index in [4.69, 9.17) is 5.73 Å². The third kappa shape index (κ3) is 4.86. The number of halogens is 3. The molecule has 3 N–H and O–H groups in total. The van der Waals surface area contributed by atoms with Gasteiger partial charge in [0.2, 0.25) is 0 Å². The molecule has 0 aliphatic carbocycles. The Labute approximate surface area is 126 Å². The lowest BCUT2D eigenvalue weighted by Crippen LogP contribution is -2.19. The summed E-state index contributed by atoms with van der Waals surface area (Å²) in [5.41, 5.74) is 4.81. The van der Waals surface area contributed by atoms with Gasteiger partial charge in [-0.15, -0.1) is 0 Å². The predicted octanol–water partition coefficient (Wildman–Crippen LogP) is 3.75. The summed E-state index contributed by atoms with van der Waals surface area (Å²) >= 11 is 6.36. The third-order valence-corrected chi connectivity index (χ3v) is 3.82. The van der Waals surface area contributed by atoms with Gasteiger partial charge in [-0.2, -0.15) is 24.9 Å². The Morgan fingerprint density at radius 3 is 2.60 bits per heavy atom. The molecule has 7 heteroatoms. The minimum absolute atomic E-state index is 0.143. The summed E-state index contributed by atoms with van der Waals surface area (Å²) < 4.78 is 38.9. The molecule has 20 heavy (non-hydrogen) atoms. The van der Waals surface area contributed by atoms with Crippen molar-refractivity contribution in [2.24, 2.45) is 11.7 Å². The fraction of sp³-hybridized carbons (Fsp3) is 0.462. The molecular formula is C13H17F3N2S2. The van der Waals surface area contributed by atoms with Crippen molar-refractivity contribution in [3.05, 3.63) is 29.3 Å². The molecule has 0 fully saturated rings. The molecule has 0 bridgehead atoms.